The average Bonchev–Trinajstić information content (AvgIpc) is 2.76. The molecule has 3 aromatic rings. The minimum Gasteiger partial charge on any atom is -0.508 e. The number of aromatic hydroxyl groups is 3. The normalized spacial score (nSPS) is 12.8. The van der Waals surface area contributed by atoms with Gasteiger partial charge in [0.05, 0.1) is 0 Å². The van der Waals surface area contributed by atoms with E-state index in [2.05, 4.69) is 101 Å². The van der Waals surface area contributed by atoms with Gasteiger partial charge in [0.2, 0.25) is 0 Å². The van der Waals surface area contributed by atoms with Crippen molar-refractivity contribution in [3.63, 3.8) is 0 Å². The number of phenolic OH excluding ortho intramolecular Hbond substituents is 3. The monoisotopic (exact) mass is 544 g/mol. The molecule has 0 atom stereocenters. The highest BCUT2D eigenvalue weighted by molar-refractivity contribution is 5.53. The summed E-state index contributed by atoms with van der Waals surface area (Å²) in [6.45, 7) is 25.5. The van der Waals surface area contributed by atoms with Crippen molar-refractivity contribution in [2.45, 2.75) is 125 Å². The number of hydrogen-bond acceptors (Lipinski definition) is 3. The van der Waals surface area contributed by atoms with E-state index in [1.54, 1.807) is 0 Å². The Morgan fingerprint density at radius 1 is 0.525 bits per heavy atom. The van der Waals surface area contributed by atoms with Crippen LogP contribution in [0.5, 0.6) is 17.2 Å². The lowest BCUT2D eigenvalue weighted by Crippen LogP contribution is -2.16. The largest absolute Gasteiger partial charge is 0.508 e. The summed E-state index contributed by atoms with van der Waals surface area (Å²) < 4.78 is 0. The molecule has 3 rings (SSSR count). The summed E-state index contributed by atoms with van der Waals surface area (Å²) in [4.78, 5) is 0. The van der Waals surface area contributed by atoms with Crippen LogP contribution in [0.3, 0.4) is 0 Å². The molecule has 0 aliphatic carbocycles. The molecule has 0 aliphatic heterocycles. The van der Waals surface area contributed by atoms with Crippen molar-refractivity contribution in [1.29, 1.82) is 0 Å². The molecule has 3 N–H and O–H groups in total. The molecule has 0 heterocycles. The van der Waals surface area contributed by atoms with Gasteiger partial charge < -0.3 is 15.3 Å². The molecule has 0 radical (unpaired) electrons. The van der Waals surface area contributed by atoms with Crippen molar-refractivity contribution in [3.05, 3.63) is 86.5 Å². The Morgan fingerprint density at radius 3 is 1.25 bits per heavy atom. The van der Waals surface area contributed by atoms with E-state index < -0.39 is 0 Å². The molecule has 0 amide bonds. The van der Waals surface area contributed by atoms with Gasteiger partial charge in [-0.15, -0.1) is 0 Å². The first-order valence-corrected chi connectivity index (χ1v) is 14.7. The molecule has 40 heavy (non-hydrogen) atoms. The minimum absolute atomic E-state index is 0.114. The third kappa shape index (κ3) is 6.85. The molecule has 218 valence electrons. The van der Waals surface area contributed by atoms with Crippen LogP contribution in [-0.4, -0.2) is 15.3 Å². The fraction of sp³-hybridized carbons (Fsp3) is 0.514. The summed E-state index contributed by atoms with van der Waals surface area (Å²) in [5.41, 5.74) is 9.39. The van der Waals surface area contributed by atoms with Crippen LogP contribution < -0.4 is 0 Å². The van der Waals surface area contributed by atoms with Gasteiger partial charge in [-0.2, -0.15) is 0 Å². The molecule has 3 heteroatoms. The van der Waals surface area contributed by atoms with Gasteiger partial charge in [0.15, 0.2) is 0 Å². The molecule has 0 spiro atoms. The van der Waals surface area contributed by atoms with Crippen LogP contribution in [0.1, 0.15) is 131 Å². The summed E-state index contributed by atoms with van der Waals surface area (Å²) >= 11 is 0. The van der Waals surface area contributed by atoms with Crippen LogP contribution in [0.25, 0.3) is 0 Å². The van der Waals surface area contributed by atoms with Gasteiger partial charge in [0, 0.05) is 5.92 Å². The Kier molecular flexibility index (Phi) is 8.80. The van der Waals surface area contributed by atoms with Crippen LogP contribution in [0.15, 0.2) is 36.4 Å². The second-order valence-electron chi connectivity index (χ2n) is 14.9. The summed E-state index contributed by atoms with van der Waals surface area (Å²) in [6, 6.07) is 12.4. The quantitative estimate of drug-likeness (QED) is 0.289. The first-order chi connectivity index (χ1) is 18.2. The fourth-order valence-electron chi connectivity index (χ4n) is 5.95. The molecule has 0 unspecified atom stereocenters. The first-order valence-electron chi connectivity index (χ1n) is 14.7. The molecule has 0 saturated heterocycles. The van der Waals surface area contributed by atoms with Gasteiger partial charge in [0.1, 0.15) is 17.2 Å². The van der Waals surface area contributed by atoms with Gasteiger partial charge in [-0.1, -0.05) is 80.5 Å². The Labute approximate surface area is 243 Å². The smallest absolute Gasteiger partial charge is 0.119 e. The van der Waals surface area contributed by atoms with Gasteiger partial charge in [-0.25, -0.2) is 0 Å². The Balaban J connectivity index is 2.13. The molecule has 3 aromatic carbocycles. The predicted octanol–water partition coefficient (Wildman–Crippen LogP) is 9.78. The second-order valence-corrected chi connectivity index (χ2v) is 14.9. The Hall–Kier alpha value is -2.94. The SMILES string of the molecule is Cc1cc(O)c(C(C)(C)C)cc1CCCC(c1cc(C(C)(C)C)c(O)cc1C)c1cc(C(C)(C)C)c(O)cc1C. The van der Waals surface area contributed by atoms with Crippen molar-refractivity contribution in [2.24, 2.45) is 0 Å². The van der Waals surface area contributed by atoms with E-state index in [9.17, 15) is 15.3 Å². The molecule has 0 bridgehead atoms. The number of aryl methyl sites for hydroxylation is 4. The van der Waals surface area contributed by atoms with Crippen LogP contribution in [-0.2, 0) is 22.7 Å². The summed E-state index contributed by atoms with van der Waals surface area (Å²) in [5.74, 6) is 1.18. The highest BCUT2D eigenvalue weighted by Crippen LogP contribution is 2.43. The number of benzene rings is 3. The summed E-state index contributed by atoms with van der Waals surface area (Å²) in [7, 11) is 0. The maximum Gasteiger partial charge on any atom is 0.119 e. The highest BCUT2D eigenvalue weighted by atomic mass is 16.3. The number of hydrogen-bond donors (Lipinski definition) is 3. The highest BCUT2D eigenvalue weighted by Gasteiger charge is 2.27. The van der Waals surface area contributed by atoms with Crippen LogP contribution in [0.2, 0.25) is 0 Å². The van der Waals surface area contributed by atoms with E-state index in [0.717, 1.165) is 52.6 Å². The van der Waals surface area contributed by atoms with E-state index in [1.807, 2.05) is 18.2 Å². The molecule has 0 fully saturated rings. The average molecular weight is 545 g/mol. The van der Waals surface area contributed by atoms with Crippen LogP contribution >= 0.6 is 0 Å². The van der Waals surface area contributed by atoms with E-state index in [-0.39, 0.29) is 22.2 Å². The molecular weight excluding hydrogens is 492 g/mol. The van der Waals surface area contributed by atoms with Crippen LogP contribution in [0, 0.1) is 20.8 Å². The molecule has 0 aliphatic rings. The van der Waals surface area contributed by atoms with E-state index in [0.29, 0.717) is 17.2 Å². The number of phenols is 3. The lowest BCUT2D eigenvalue weighted by Gasteiger charge is -2.29. The molecule has 0 aromatic heterocycles. The summed E-state index contributed by atoms with van der Waals surface area (Å²) in [6.07, 6.45) is 2.81. The van der Waals surface area contributed by atoms with E-state index in [4.69, 9.17) is 0 Å². The van der Waals surface area contributed by atoms with Crippen molar-refractivity contribution >= 4 is 0 Å². The van der Waals surface area contributed by atoms with Gasteiger partial charge in [0.25, 0.3) is 0 Å². The topological polar surface area (TPSA) is 60.7 Å². The number of rotatable bonds is 6. The molecule has 3 nitrogen and oxygen atoms in total. The van der Waals surface area contributed by atoms with Gasteiger partial charge >= 0.3 is 0 Å². The Bertz CT molecular complexity index is 1310. The lowest BCUT2D eigenvalue weighted by atomic mass is 9.76. The van der Waals surface area contributed by atoms with Crippen LogP contribution in [0.4, 0.5) is 0 Å². The standard InChI is InChI=1S/C37H52O3/c1-22-16-32(38)29(35(4,5)6)19-25(22)14-13-15-26(27-20-30(36(7,8)9)33(39)17-23(27)2)28-21-31(37(10,11)12)34(40)18-24(28)3/h16-21,26,38-40H,13-15H2,1-12H3. The zero-order valence-corrected chi connectivity index (χ0v) is 27.0. The molecular formula is C37H52O3. The fourth-order valence-corrected chi connectivity index (χ4v) is 5.95. The van der Waals surface area contributed by atoms with Crippen molar-refractivity contribution in [2.75, 3.05) is 0 Å². The predicted molar refractivity (Wildman–Crippen MR) is 169 cm³/mol. The lowest BCUT2D eigenvalue weighted by molar-refractivity contribution is 0.443. The minimum atomic E-state index is -0.190. The molecule has 0 saturated carbocycles. The zero-order valence-electron chi connectivity index (χ0n) is 27.0. The summed E-state index contributed by atoms with van der Waals surface area (Å²) in [5, 5.41) is 32.3. The maximum atomic E-state index is 10.9. The van der Waals surface area contributed by atoms with Crippen molar-refractivity contribution < 1.29 is 15.3 Å². The second kappa shape index (κ2) is 11.1. The van der Waals surface area contributed by atoms with Gasteiger partial charge in [-0.05, 0) is 125 Å². The van der Waals surface area contributed by atoms with E-state index in [1.165, 1.54) is 16.7 Å². The van der Waals surface area contributed by atoms with Crippen molar-refractivity contribution in [3.8, 4) is 17.2 Å². The van der Waals surface area contributed by atoms with E-state index >= 15 is 0 Å². The zero-order chi connectivity index (χ0) is 30.4. The third-order valence-electron chi connectivity index (χ3n) is 8.34. The maximum absolute atomic E-state index is 10.9. The Morgan fingerprint density at radius 2 is 0.875 bits per heavy atom. The first kappa shape index (κ1) is 31.6. The van der Waals surface area contributed by atoms with Gasteiger partial charge in [-0.3, -0.25) is 0 Å². The third-order valence-corrected chi connectivity index (χ3v) is 8.34. The van der Waals surface area contributed by atoms with Crippen molar-refractivity contribution in [1.82, 2.24) is 0 Å².